The number of hydrogen-bond donors (Lipinski definition) is 8. The van der Waals surface area contributed by atoms with Crippen molar-refractivity contribution in [2.24, 2.45) is 0 Å². The number of nitrogens with one attached hydrogen (secondary N) is 2. The number of nitrogen functional groups attached to an aromatic ring is 2. The summed E-state index contributed by atoms with van der Waals surface area (Å²) in [4.78, 5) is 53.2. The summed E-state index contributed by atoms with van der Waals surface area (Å²) in [6.45, 7) is 2.29. The van der Waals surface area contributed by atoms with Crippen LogP contribution in [0.15, 0.2) is 25.3 Å². The Labute approximate surface area is 309 Å². The molecular formula is C32H48N14O8. The molecule has 0 spiro atoms. The van der Waals surface area contributed by atoms with E-state index in [0.29, 0.717) is 61.3 Å². The van der Waals surface area contributed by atoms with Gasteiger partial charge in [-0.25, -0.2) is 29.9 Å². The summed E-state index contributed by atoms with van der Waals surface area (Å²) in [6.07, 6.45) is -0.812. The number of aliphatic hydroxyl groups excluding tert-OH is 4. The van der Waals surface area contributed by atoms with Crippen LogP contribution in [0.2, 0.25) is 0 Å². The largest absolute Gasteiger partial charge is 0.387 e. The highest BCUT2D eigenvalue weighted by molar-refractivity contribution is 5.82. The number of nitrogens with zero attached hydrogens (tertiary/aromatic N) is 10. The number of hydrogen-bond acceptors (Lipinski definition) is 18. The van der Waals surface area contributed by atoms with Crippen LogP contribution in [-0.4, -0.2) is 171 Å². The van der Waals surface area contributed by atoms with E-state index in [9.17, 15) is 30.0 Å². The molecule has 2 aliphatic heterocycles. The van der Waals surface area contributed by atoms with Crippen LogP contribution < -0.4 is 22.1 Å². The molecule has 2 amide bonds. The molecule has 2 saturated heterocycles. The Morgan fingerprint density at radius 2 is 1.09 bits per heavy atom. The highest BCUT2D eigenvalue weighted by atomic mass is 16.6. The minimum atomic E-state index is -1.21. The van der Waals surface area contributed by atoms with E-state index in [1.807, 2.05) is 23.9 Å². The van der Waals surface area contributed by atoms with Crippen molar-refractivity contribution in [1.82, 2.24) is 59.5 Å². The van der Waals surface area contributed by atoms with Crippen LogP contribution in [0.4, 0.5) is 11.6 Å². The lowest BCUT2D eigenvalue weighted by Gasteiger charge is -2.22. The first-order valence-corrected chi connectivity index (χ1v) is 17.7. The fourth-order valence-corrected chi connectivity index (χ4v) is 6.73. The zero-order valence-corrected chi connectivity index (χ0v) is 30.0. The Kier molecular flexibility index (Phi) is 12.4. The average Bonchev–Trinajstić information content (AvgIpc) is 3.90. The van der Waals surface area contributed by atoms with Crippen LogP contribution >= 0.6 is 0 Å². The zero-order valence-electron chi connectivity index (χ0n) is 30.0. The number of carbonyl (C=O) groups is 2. The van der Waals surface area contributed by atoms with E-state index in [1.54, 1.807) is 0 Å². The summed E-state index contributed by atoms with van der Waals surface area (Å²) in [5, 5.41) is 48.3. The van der Waals surface area contributed by atoms with Crippen molar-refractivity contribution in [3.8, 4) is 0 Å². The quantitative estimate of drug-likeness (QED) is 0.0490. The highest BCUT2D eigenvalue weighted by Crippen LogP contribution is 2.33. The Morgan fingerprint density at radius 3 is 1.50 bits per heavy atom. The Balaban J connectivity index is 0.816. The predicted molar refractivity (Wildman–Crippen MR) is 191 cm³/mol. The molecule has 22 heteroatoms. The maximum atomic E-state index is 12.4. The summed E-state index contributed by atoms with van der Waals surface area (Å²) in [5.74, 6) is 0.0978. The Bertz CT molecular complexity index is 1760. The molecule has 6 rings (SSSR count). The van der Waals surface area contributed by atoms with Crippen LogP contribution in [0.3, 0.4) is 0 Å². The van der Waals surface area contributed by atoms with E-state index in [2.05, 4.69) is 40.5 Å². The van der Waals surface area contributed by atoms with Gasteiger partial charge in [0.1, 0.15) is 60.3 Å². The molecule has 0 bridgehead atoms. The number of aromatic nitrogens is 8. The summed E-state index contributed by atoms with van der Waals surface area (Å²) >= 11 is 0. The van der Waals surface area contributed by atoms with Gasteiger partial charge in [-0.1, -0.05) is 0 Å². The van der Waals surface area contributed by atoms with Crippen LogP contribution in [-0.2, 0) is 19.1 Å². The minimum Gasteiger partial charge on any atom is -0.387 e. The third kappa shape index (κ3) is 8.65. The van der Waals surface area contributed by atoms with Crippen molar-refractivity contribution in [2.45, 2.75) is 74.8 Å². The van der Waals surface area contributed by atoms with Gasteiger partial charge in [0, 0.05) is 39.0 Å². The summed E-state index contributed by atoms with van der Waals surface area (Å²) in [6, 6.07) is 0. The number of nitrogens with two attached hydrogens (primary N) is 2. The number of ether oxygens (including phenoxy) is 2. The summed E-state index contributed by atoms with van der Waals surface area (Å²) in [7, 11) is 3.68. The number of imidazole rings is 2. The molecule has 294 valence electrons. The molecular weight excluding hydrogens is 708 g/mol. The van der Waals surface area contributed by atoms with E-state index in [1.165, 1.54) is 34.4 Å². The van der Waals surface area contributed by atoms with Crippen molar-refractivity contribution < 1.29 is 39.5 Å². The van der Waals surface area contributed by atoms with Gasteiger partial charge in [0.25, 0.3) is 0 Å². The van der Waals surface area contributed by atoms with E-state index >= 15 is 0 Å². The van der Waals surface area contributed by atoms with Crippen molar-refractivity contribution >= 4 is 45.8 Å². The van der Waals surface area contributed by atoms with Gasteiger partial charge in [-0.2, -0.15) is 0 Å². The normalized spacial score (nSPS) is 25.7. The lowest BCUT2D eigenvalue weighted by molar-refractivity contribution is -0.123. The average molecular weight is 757 g/mol. The van der Waals surface area contributed by atoms with E-state index in [4.69, 9.17) is 20.9 Å². The lowest BCUT2D eigenvalue weighted by atomic mass is 10.1. The molecule has 0 saturated carbocycles. The maximum absolute atomic E-state index is 12.4. The van der Waals surface area contributed by atoms with Gasteiger partial charge in [0.05, 0.1) is 12.7 Å². The Morgan fingerprint density at radius 1 is 0.685 bits per heavy atom. The van der Waals surface area contributed by atoms with E-state index in [0.717, 1.165) is 0 Å². The van der Waals surface area contributed by atoms with Crippen molar-refractivity contribution in [3.63, 3.8) is 0 Å². The van der Waals surface area contributed by atoms with Crippen molar-refractivity contribution in [1.29, 1.82) is 0 Å². The smallest absolute Gasteiger partial charge is 0.220 e. The molecule has 54 heavy (non-hydrogen) atoms. The van der Waals surface area contributed by atoms with Crippen LogP contribution in [0, 0.1) is 0 Å². The summed E-state index contributed by atoms with van der Waals surface area (Å²) in [5.41, 5.74) is 13.2. The van der Waals surface area contributed by atoms with Crippen LogP contribution in [0.25, 0.3) is 22.3 Å². The number of aliphatic hydroxyl groups is 4. The second-order valence-corrected chi connectivity index (χ2v) is 13.7. The van der Waals surface area contributed by atoms with Gasteiger partial charge >= 0.3 is 0 Å². The molecule has 0 aromatic carbocycles. The standard InChI is InChI=1S/C32H48N14O8/c1-43(11-17-23(49)25(51)31(53-17)45-15-41-21-27(33)37-13-39-29(21)45)9-3-5-19(47)35-7-8-36-20(48)6-4-10-44(2)12-18-24(50)26(52)32(54-18)46-16-42-22-28(34)38-14-40-30(22)46/h13-18,23-26,31-32,49-52H,3-12H2,1-2H3,(H,35,47)(H,36,48)(H2,33,37,39)(H2,34,38,40)/t17-,18-,23-,24-,25-,26-,31-,32-/m1/s1. The minimum absolute atomic E-state index is 0.150. The number of anilines is 2. The van der Waals surface area contributed by atoms with Gasteiger partial charge in [-0.3, -0.25) is 18.7 Å². The number of carbonyl (C=O) groups excluding carboxylic acids is 2. The second kappa shape index (κ2) is 17.2. The van der Waals surface area contributed by atoms with Gasteiger partial charge in [0.2, 0.25) is 11.8 Å². The first-order valence-electron chi connectivity index (χ1n) is 17.7. The molecule has 8 atom stereocenters. The molecule has 4 aromatic rings. The fourth-order valence-electron chi connectivity index (χ4n) is 6.73. The zero-order chi connectivity index (χ0) is 38.5. The van der Waals surface area contributed by atoms with Gasteiger partial charge in [-0.05, 0) is 40.0 Å². The van der Waals surface area contributed by atoms with Gasteiger partial charge in [-0.15, -0.1) is 0 Å². The monoisotopic (exact) mass is 756 g/mol. The van der Waals surface area contributed by atoms with Crippen LogP contribution in [0.5, 0.6) is 0 Å². The molecule has 4 aromatic heterocycles. The highest BCUT2D eigenvalue weighted by Gasteiger charge is 2.45. The van der Waals surface area contributed by atoms with Crippen LogP contribution in [0.1, 0.15) is 38.1 Å². The molecule has 0 unspecified atom stereocenters. The van der Waals surface area contributed by atoms with E-state index in [-0.39, 0.29) is 49.4 Å². The number of rotatable bonds is 17. The number of likely N-dealkylation sites (N-methyl/N-ethyl adjacent to an activating group) is 2. The number of fused-ring (bicyclic) bond motifs is 2. The second-order valence-electron chi connectivity index (χ2n) is 13.7. The molecule has 0 aliphatic carbocycles. The molecule has 2 fully saturated rings. The molecule has 0 radical (unpaired) electrons. The van der Waals surface area contributed by atoms with Gasteiger partial charge in [0.15, 0.2) is 35.4 Å². The van der Waals surface area contributed by atoms with Crippen molar-refractivity contribution in [3.05, 3.63) is 25.3 Å². The fraction of sp³-hybridized carbons (Fsp3) is 0.625. The third-order valence-corrected chi connectivity index (χ3v) is 9.64. The third-order valence-electron chi connectivity index (χ3n) is 9.64. The van der Waals surface area contributed by atoms with Crippen molar-refractivity contribution in [2.75, 3.05) is 64.8 Å². The summed E-state index contributed by atoms with van der Waals surface area (Å²) < 4.78 is 15.0. The predicted octanol–water partition coefficient (Wildman–Crippen LogP) is -3.27. The Hall–Kier alpha value is -4.68. The SMILES string of the molecule is CN(CCCC(=O)NCCNC(=O)CCCN(C)C[C@H]1O[C@@H](n2cnc3c(N)ncnc32)[C@H](O)[C@@H]1O)C[C@H]1O[C@@H](n2cnc3c(N)ncnc32)[C@H](O)[C@@H]1O. The molecule has 6 heterocycles. The van der Waals surface area contributed by atoms with Gasteiger partial charge < -0.3 is 61.8 Å². The first-order chi connectivity index (χ1) is 25.9. The topological polar surface area (TPSA) is 303 Å². The molecule has 2 aliphatic rings. The lowest BCUT2D eigenvalue weighted by Crippen LogP contribution is -2.39. The number of amides is 2. The molecule has 22 nitrogen and oxygen atoms in total. The molecule has 10 N–H and O–H groups in total. The first kappa shape index (κ1) is 39.0. The maximum Gasteiger partial charge on any atom is 0.220 e. The van der Waals surface area contributed by atoms with E-state index < -0.39 is 49.1 Å².